The van der Waals surface area contributed by atoms with Crippen LogP contribution in [0.4, 0.5) is 0 Å². The van der Waals surface area contributed by atoms with E-state index in [2.05, 4.69) is 21.1 Å². The number of nitrogens with one attached hydrogen (secondary N) is 2. The number of halogens is 4. The molecule has 0 radical (unpaired) electrons. The minimum absolute atomic E-state index is 0.206. The van der Waals surface area contributed by atoms with Crippen LogP contribution in [0.5, 0.6) is 0 Å². The van der Waals surface area contributed by atoms with Crippen molar-refractivity contribution in [1.29, 1.82) is 0 Å². The van der Waals surface area contributed by atoms with Crippen molar-refractivity contribution in [1.82, 2.24) is 10.9 Å². The molecule has 4 nitrogen and oxygen atoms in total. The SMILES string of the molecule is S=C(N/N=C/c1ccc(Cl)cc1Cl)N/N=C/c1ccc(Cl)cc1Cl. The Morgan fingerprint density at radius 2 is 1.21 bits per heavy atom. The van der Waals surface area contributed by atoms with Crippen molar-refractivity contribution in [2.24, 2.45) is 10.2 Å². The first kappa shape index (κ1) is 19.0. The van der Waals surface area contributed by atoms with E-state index in [4.69, 9.17) is 58.6 Å². The molecular formula is C15H10Cl4N4S. The van der Waals surface area contributed by atoms with E-state index in [1.54, 1.807) is 36.4 Å². The van der Waals surface area contributed by atoms with E-state index in [1.165, 1.54) is 12.4 Å². The maximum atomic E-state index is 6.02. The summed E-state index contributed by atoms with van der Waals surface area (Å²) in [5.74, 6) is 0. The minimum Gasteiger partial charge on any atom is -0.252 e. The van der Waals surface area contributed by atoms with Crippen molar-refractivity contribution in [3.8, 4) is 0 Å². The number of hydrogen-bond acceptors (Lipinski definition) is 3. The largest absolute Gasteiger partial charge is 0.252 e. The molecule has 0 saturated carbocycles. The average molecular weight is 420 g/mol. The highest BCUT2D eigenvalue weighted by Gasteiger charge is 1.99. The molecule has 2 rings (SSSR count). The van der Waals surface area contributed by atoms with Gasteiger partial charge in [-0.25, -0.2) is 0 Å². The topological polar surface area (TPSA) is 48.8 Å². The average Bonchev–Trinajstić information content (AvgIpc) is 2.51. The van der Waals surface area contributed by atoms with Gasteiger partial charge in [-0.2, -0.15) is 10.2 Å². The second kappa shape index (κ2) is 9.20. The van der Waals surface area contributed by atoms with E-state index in [-0.39, 0.29) is 5.11 Å². The summed E-state index contributed by atoms with van der Waals surface area (Å²) in [5.41, 5.74) is 6.63. The van der Waals surface area contributed by atoms with E-state index >= 15 is 0 Å². The first-order chi connectivity index (χ1) is 11.5. The molecule has 9 heteroatoms. The molecule has 2 aromatic rings. The van der Waals surface area contributed by atoms with Crippen molar-refractivity contribution in [3.63, 3.8) is 0 Å². The van der Waals surface area contributed by atoms with Crippen LogP contribution in [0.3, 0.4) is 0 Å². The van der Waals surface area contributed by atoms with Gasteiger partial charge in [-0.15, -0.1) is 0 Å². The Kier molecular flexibility index (Phi) is 7.27. The zero-order valence-corrected chi connectivity index (χ0v) is 15.8. The summed E-state index contributed by atoms with van der Waals surface area (Å²) in [6.07, 6.45) is 3.04. The first-order valence-electron chi connectivity index (χ1n) is 6.48. The molecule has 0 saturated heterocycles. The molecule has 2 N–H and O–H groups in total. The summed E-state index contributed by atoms with van der Waals surface area (Å²) < 4.78 is 0. The van der Waals surface area contributed by atoms with Gasteiger partial charge in [0.2, 0.25) is 5.11 Å². The van der Waals surface area contributed by atoms with Crippen LogP contribution in [0, 0.1) is 0 Å². The molecule has 124 valence electrons. The van der Waals surface area contributed by atoms with Gasteiger partial charge in [0.25, 0.3) is 0 Å². The maximum absolute atomic E-state index is 6.02. The number of hydrazone groups is 2. The number of rotatable bonds is 4. The highest BCUT2D eigenvalue weighted by molar-refractivity contribution is 7.80. The minimum atomic E-state index is 0.206. The summed E-state index contributed by atoms with van der Waals surface area (Å²) in [5, 5.41) is 10.2. The van der Waals surface area contributed by atoms with Gasteiger partial charge in [-0.1, -0.05) is 58.5 Å². The van der Waals surface area contributed by atoms with Crippen LogP contribution >= 0.6 is 58.6 Å². The van der Waals surface area contributed by atoms with Crippen molar-refractivity contribution < 1.29 is 0 Å². The molecule has 0 aliphatic carbocycles. The third kappa shape index (κ3) is 5.92. The predicted octanol–water partition coefficient (Wildman–Crippen LogP) is 5.13. The van der Waals surface area contributed by atoms with Gasteiger partial charge < -0.3 is 0 Å². The lowest BCUT2D eigenvalue weighted by Crippen LogP contribution is -2.28. The van der Waals surface area contributed by atoms with Crippen LogP contribution in [-0.4, -0.2) is 17.5 Å². The Morgan fingerprint density at radius 1 is 0.792 bits per heavy atom. The summed E-state index contributed by atoms with van der Waals surface area (Å²) in [4.78, 5) is 0. The fraction of sp³-hybridized carbons (Fsp3) is 0. The molecule has 0 aliphatic rings. The molecule has 0 bridgehead atoms. The fourth-order valence-corrected chi connectivity index (χ4v) is 2.58. The summed E-state index contributed by atoms with van der Waals surface area (Å²) in [7, 11) is 0. The third-order valence-electron chi connectivity index (χ3n) is 2.66. The van der Waals surface area contributed by atoms with Gasteiger partial charge in [-0.05, 0) is 36.5 Å². The van der Waals surface area contributed by atoms with Gasteiger partial charge in [-0.3, -0.25) is 10.9 Å². The zero-order chi connectivity index (χ0) is 17.5. The molecule has 0 aliphatic heterocycles. The van der Waals surface area contributed by atoms with Crippen LogP contribution in [0.2, 0.25) is 20.1 Å². The van der Waals surface area contributed by atoms with Crippen molar-refractivity contribution in [2.75, 3.05) is 0 Å². The molecule has 2 aromatic carbocycles. The van der Waals surface area contributed by atoms with Crippen LogP contribution in [0.15, 0.2) is 46.6 Å². The lowest BCUT2D eigenvalue weighted by atomic mass is 10.2. The molecule has 0 unspecified atom stereocenters. The van der Waals surface area contributed by atoms with Gasteiger partial charge in [0.05, 0.1) is 22.5 Å². The van der Waals surface area contributed by atoms with E-state index < -0.39 is 0 Å². The summed E-state index contributed by atoms with van der Waals surface area (Å²) in [6, 6.07) is 10.2. The van der Waals surface area contributed by atoms with Gasteiger partial charge in [0.15, 0.2) is 0 Å². The smallest absolute Gasteiger partial charge is 0.207 e. The molecule has 0 fully saturated rings. The van der Waals surface area contributed by atoms with E-state index in [0.717, 1.165) is 0 Å². The molecular weight excluding hydrogens is 410 g/mol. The lowest BCUT2D eigenvalue weighted by molar-refractivity contribution is 0.935. The first-order valence-corrected chi connectivity index (χ1v) is 8.40. The van der Waals surface area contributed by atoms with E-state index in [1.807, 2.05) is 0 Å². The molecule has 0 amide bonds. The predicted molar refractivity (Wildman–Crippen MR) is 107 cm³/mol. The zero-order valence-electron chi connectivity index (χ0n) is 11.9. The Morgan fingerprint density at radius 3 is 1.58 bits per heavy atom. The second-order valence-corrected chi connectivity index (χ2v) is 6.50. The summed E-state index contributed by atoms with van der Waals surface area (Å²) >= 11 is 28.7. The lowest BCUT2D eigenvalue weighted by Gasteiger charge is -2.02. The number of nitrogens with zero attached hydrogens (tertiary/aromatic N) is 2. The van der Waals surface area contributed by atoms with E-state index in [0.29, 0.717) is 31.2 Å². The van der Waals surface area contributed by atoms with Crippen molar-refractivity contribution in [3.05, 3.63) is 67.6 Å². The number of thiocarbonyl (C=S) groups is 1. The van der Waals surface area contributed by atoms with Crippen LogP contribution in [-0.2, 0) is 0 Å². The maximum Gasteiger partial charge on any atom is 0.207 e. The van der Waals surface area contributed by atoms with Crippen LogP contribution in [0.1, 0.15) is 11.1 Å². The second-order valence-electron chi connectivity index (χ2n) is 4.40. The quantitative estimate of drug-likeness (QED) is 0.410. The van der Waals surface area contributed by atoms with Crippen LogP contribution < -0.4 is 10.9 Å². The highest BCUT2D eigenvalue weighted by atomic mass is 35.5. The number of benzene rings is 2. The van der Waals surface area contributed by atoms with Crippen molar-refractivity contribution in [2.45, 2.75) is 0 Å². The molecule has 0 spiro atoms. The third-order valence-corrected chi connectivity index (χ3v) is 3.97. The van der Waals surface area contributed by atoms with Gasteiger partial charge in [0.1, 0.15) is 0 Å². The van der Waals surface area contributed by atoms with E-state index in [9.17, 15) is 0 Å². The highest BCUT2D eigenvalue weighted by Crippen LogP contribution is 2.20. The normalized spacial score (nSPS) is 11.2. The van der Waals surface area contributed by atoms with Crippen LogP contribution in [0.25, 0.3) is 0 Å². The molecule has 0 heterocycles. The molecule has 24 heavy (non-hydrogen) atoms. The molecule has 0 atom stereocenters. The monoisotopic (exact) mass is 418 g/mol. The van der Waals surface area contributed by atoms with Crippen molar-refractivity contribution >= 4 is 76.2 Å². The Labute approximate surface area is 164 Å². The Hall–Kier alpha value is -1.37. The fourth-order valence-electron chi connectivity index (χ4n) is 1.56. The summed E-state index contributed by atoms with van der Waals surface area (Å²) in [6.45, 7) is 0. The van der Waals surface area contributed by atoms with Gasteiger partial charge >= 0.3 is 0 Å². The van der Waals surface area contributed by atoms with Gasteiger partial charge in [0, 0.05) is 21.2 Å². The Balaban J connectivity index is 1.87. The standard InChI is InChI=1S/C15H10Cl4N4S/c16-11-3-1-9(13(18)5-11)7-20-22-15(24)23-21-8-10-2-4-12(17)6-14(10)19/h1-8H,(H2,22,23,24)/b20-7+,21-8+. The Bertz CT molecular complexity index is 743. The molecule has 0 aromatic heterocycles. The number of hydrogen-bond donors (Lipinski definition) is 2.